The average Bonchev–Trinajstić information content (AvgIpc) is 2.78. The third-order valence-corrected chi connectivity index (χ3v) is 6.61. The van der Waals surface area contributed by atoms with Crippen molar-refractivity contribution >= 4 is 38.9 Å². The topological polar surface area (TPSA) is 104 Å². The second kappa shape index (κ2) is 11.0. The largest absolute Gasteiger partial charge is 0.326 e. The third kappa shape index (κ3) is 6.68. The van der Waals surface area contributed by atoms with Crippen molar-refractivity contribution in [3.63, 3.8) is 0 Å². The highest BCUT2D eigenvalue weighted by atomic mass is 32.2. The summed E-state index contributed by atoms with van der Waals surface area (Å²) in [5.41, 5.74) is 3.51. The first-order chi connectivity index (χ1) is 16.2. The minimum Gasteiger partial charge on any atom is -0.326 e. The van der Waals surface area contributed by atoms with Crippen molar-refractivity contribution in [3.8, 4) is 0 Å². The molecule has 0 atom stereocenters. The maximum absolute atomic E-state index is 13.0. The van der Waals surface area contributed by atoms with Crippen LogP contribution in [0.25, 0.3) is 0 Å². The summed E-state index contributed by atoms with van der Waals surface area (Å²) in [5, 5.41) is 5.42. The van der Waals surface area contributed by atoms with Crippen molar-refractivity contribution in [2.45, 2.75) is 44.9 Å². The number of aryl methyl sites for hydroxylation is 2. The molecule has 0 heterocycles. The molecule has 3 aromatic rings. The van der Waals surface area contributed by atoms with E-state index in [9.17, 15) is 18.0 Å². The fraction of sp³-hybridized carbons (Fsp3) is 0.231. The van der Waals surface area contributed by atoms with Gasteiger partial charge in [0.1, 0.15) is 0 Å². The molecule has 2 amide bonds. The first kappa shape index (κ1) is 25.0. The quantitative estimate of drug-likeness (QED) is 0.385. The van der Waals surface area contributed by atoms with Crippen LogP contribution in [0.4, 0.5) is 17.1 Å². The number of unbranched alkanes of at least 4 members (excludes halogenated alkanes) is 1. The molecule has 7 nitrogen and oxygen atoms in total. The van der Waals surface area contributed by atoms with Crippen LogP contribution in [-0.4, -0.2) is 20.2 Å². The maximum atomic E-state index is 13.0. The van der Waals surface area contributed by atoms with Crippen LogP contribution in [0.5, 0.6) is 0 Å². The third-order valence-electron chi connectivity index (χ3n) is 5.23. The van der Waals surface area contributed by atoms with E-state index in [-0.39, 0.29) is 16.4 Å². The average molecular weight is 480 g/mol. The van der Waals surface area contributed by atoms with E-state index < -0.39 is 15.9 Å². The maximum Gasteiger partial charge on any atom is 0.261 e. The molecule has 34 heavy (non-hydrogen) atoms. The molecule has 0 aliphatic carbocycles. The summed E-state index contributed by atoms with van der Waals surface area (Å²) in [4.78, 5) is 24.2. The van der Waals surface area contributed by atoms with Crippen molar-refractivity contribution in [3.05, 3.63) is 83.4 Å². The lowest BCUT2D eigenvalue weighted by Gasteiger charge is -2.13. The lowest BCUT2D eigenvalue weighted by atomic mass is 10.1. The smallest absolute Gasteiger partial charge is 0.261 e. The van der Waals surface area contributed by atoms with Crippen LogP contribution in [0, 0.1) is 6.92 Å². The Bertz CT molecular complexity index is 1290. The highest BCUT2D eigenvalue weighted by Crippen LogP contribution is 2.22. The molecule has 0 aliphatic rings. The molecular formula is C26H29N3O4S. The molecule has 3 rings (SSSR count). The number of hydrogen-bond acceptors (Lipinski definition) is 4. The van der Waals surface area contributed by atoms with E-state index in [1.54, 1.807) is 49.4 Å². The normalized spacial score (nSPS) is 11.0. The predicted octanol–water partition coefficient (Wildman–Crippen LogP) is 5.35. The van der Waals surface area contributed by atoms with Crippen molar-refractivity contribution in [1.82, 2.24) is 0 Å². The van der Waals surface area contributed by atoms with Crippen LogP contribution in [0.3, 0.4) is 0 Å². The number of nitrogens with one attached hydrogen (secondary N) is 3. The second-order valence-corrected chi connectivity index (χ2v) is 9.78. The van der Waals surface area contributed by atoms with Gasteiger partial charge < -0.3 is 10.6 Å². The highest BCUT2D eigenvalue weighted by Gasteiger charge is 2.19. The van der Waals surface area contributed by atoms with Gasteiger partial charge in [-0.3, -0.25) is 14.3 Å². The van der Waals surface area contributed by atoms with Crippen molar-refractivity contribution in [1.29, 1.82) is 0 Å². The van der Waals surface area contributed by atoms with Crippen molar-refractivity contribution < 1.29 is 18.0 Å². The minimum absolute atomic E-state index is 0.00898. The number of anilines is 3. The zero-order valence-corrected chi connectivity index (χ0v) is 20.3. The number of benzene rings is 3. The SMILES string of the molecule is CCCCc1ccc(NS(=O)(=O)c2ccc(C)c(C(=O)Nc3cccc(NC(C)=O)c3)c2)cc1. The van der Waals surface area contributed by atoms with Crippen molar-refractivity contribution in [2.75, 3.05) is 15.4 Å². The molecule has 0 bridgehead atoms. The molecule has 3 aromatic carbocycles. The summed E-state index contributed by atoms with van der Waals surface area (Å²) in [6.07, 6.45) is 3.13. The van der Waals surface area contributed by atoms with Gasteiger partial charge in [-0.1, -0.05) is 37.6 Å². The fourth-order valence-corrected chi connectivity index (χ4v) is 4.51. The second-order valence-electron chi connectivity index (χ2n) is 8.10. The summed E-state index contributed by atoms with van der Waals surface area (Å²) in [6.45, 7) is 5.26. The van der Waals surface area contributed by atoms with E-state index in [1.807, 2.05) is 12.1 Å². The molecule has 0 radical (unpaired) electrons. The zero-order valence-electron chi connectivity index (χ0n) is 19.5. The van der Waals surface area contributed by atoms with Crippen LogP contribution in [0.1, 0.15) is 48.2 Å². The summed E-state index contributed by atoms with van der Waals surface area (Å²) >= 11 is 0. The molecule has 0 fully saturated rings. The van der Waals surface area contributed by atoms with E-state index in [2.05, 4.69) is 22.3 Å². The Hall–Kier alpha value is -3.65. The fourth-order valence-electron chi connectivity index (χ4n) is 3.42. The first-order valence-corrected chi connectivity index (χ1v) is 12.6. The Morgan fingerprint density at radius 2 is 1.53 bits per heavy atom. The number of carbonyl (C=O) groups excluding carboxylic acids is 2. The molecule has 0 saturated carbocycles. The molecule has 0 aliphatic heterocycles. The van der Waals surface area contributed by atoms with Gasteiger partial charge >= 0.3 is 0 Å². The zero-order chi connectivity index (χ0) is 24.7. The van der Waals surface area contributed by atoms with Gasteiger partial charge in [0.25, 0.3) is 15.9 Å². The summed E-state index contributed by atoms with van der Waals surface area (Å²) < 4.78 is 28.5. The molecule has 0 aromatic heterocycles. The van der Waals surface area contributed by atoms with E-state index in [0.717, 1.165) is 24.8 Å². The van der Waals surface area contributed by atoms with Crippen molar-refractivity contribution in [2.24, 2.45) is 0 Å². The Morgan fingerprint density at radius 3 is 2.18 bits per heavy atom. The number of sulfonamides is 1. The molecule has 3 N–H and O–H groups in total. The van der Waals surface area contributed by atoms with Gasteiger partial charge in [-0.2, -0.15) is 0 Å². The number of amides is 2. The highest BCUT2D eigenvalue weighted by molar-refractivity contribution is 7.92. The van der Waals surface area contributed by atoms with E-state index in [0.29, 0.717) is 22.6 Å². The van der Waals surface area contributed by atoms with Gasteiger partial charge in [0.2, 0.25) is 5.91 Å². The molecule has 0 unspecified atom stereocenters. The number of carbonyl (C=O) groups is 2. The molecule has 0 spiro atoms. The van der Waals surface area contributed by atoms with Gasteiger partial charge in [-0.25, -0.2) is 8.42 Å². The lowest BCUT2D eigenvalue weighted by molar-refractivity contribution is -0.114. The van der Waals surface area contributed by atoms with Crippen LogP contribution in [0.15, 0.2) is 71.6 Å². The van der Waals surface area contributed by atoms with Crippen LogP contribution < -0.4 is 15.4 Å². The van der Waals surface area contributed by atoms with Gasteiger partial charge in [-0.15, -0.1) is 0 Å². The summed E-state index contributed by atoms with van der Waals surface area (Å²) in [5.74, 6) is -0.671. The van der Waals surface area contributed by atoms with Gasteiger partial charge in [0, 0.05) is 29.5 Å². The van der Waals surface area contributed by atoms with Crippen LogP contribution in [0.2, 0.25) is 0 Å². The Balaban J connectivity index is 1.78. The molecule has 178 valence electrons. The monoisotopic (exact) mass is 479 g/mol. The Morgan fingerprint density at radius 1 is 0.853 bits per heavy atom. The molecule has 8 heteroatoms. The number of rotatable bonds is 9. The lowest BCUT2D eigenvalue weighted by Crippen LogP contribution is -2.17. The predicted molar refractivity (Wildman–Crippen MR) is 136 cm³/mol. The van der Waals surface area contributed by atoms with Gasteiger partial charge in [0.15, 0.2) is 0 Å². The number of hydrogen-bond donors (Lipinski definition) is 3. The summed E-state index contributed by atoms with van der Waals surface area (Å²) in [7, 11) is -3.89. The standard InChI is InChI=1S/C26H29N3O4S/c1-4-5-7-20-11-13-21(14-12-20)29-34(32,33)24-15-10-18(2)25(17-24)26(31)28-23-9-6-8-22(16-23)27-19(3)30/h6,8-17,29H,4-5,7H2,1-3H3,(H,27,30)(H,28,31). The van der Waals surface area contributed by atoms with Gasteiger partial charge in [-0.05, 0) is 73.4 Å². The van der Waals surface area contributed by atoms with Gasteiger partial charge in [0.05, 0.1) is 4.90 Å². The van der Waals surface area contributed by atoms with E-state index in [4.69, 9.17) is 0 Å². The Kier molecular flexibility index (Phi) is 8.07. The summed E-state index contributed by atoms with van der Waals surface area (Å²) in [6, 6.07) is 18.5. The van der Waals surface area contributed by atoms with Crippen LogP contribution in [-0.2, 0) is 21.2 Å². The molecule has 0 saturated heterocycles. The van der Waals surface area contributed by atoms with E-state index in [1.165, 1.54) is 19.1 Å². The van der Waals surface area contributed by atoms with Crippen LogP contribution >= 0.6 is 0 Å². The first-order valence-electron chi connectivity index (χ1n) is 11.1. The minimum atomic E-state index is -3.89. The van der Waals surface area contributed by atoms with E-state index >= 15 is 0 Å². The molecular weight excluding hydrogens is 450 g/mol. The Labute approximate surface area is 200 Å².